The van der Waals surface area contributed by atoms with Gasteiger partial charge in [-0.25, -0.2) is 9.97 Å². The van der Waals surface area contributed by atoms with Crippen LogP contribution in [0.4, 0.5) is 0 Å². The average molecular weight is 698 g/mol. The smallest absolute Gasteiger partial charge is 0.238 e. The van der Waals surface area contributed by atoms with E-state index in [-0.39, 0.29) is 0 Å². The van der Waals surface area contributed by atoms with Crippen LogP contribution in [0.3, 0.4) is 0 Å². The topological polar surface area (TPSA) is 69.6 Å². The minimum absolute atomic E-state index is 0.559. The van der Waals surface area contributed by atoms with E-state index in [1.807, 2.05) is 48.5 Å². The number of fused-ring (bicyclic) bond motifs is 7. The van der Waals surface area contributed by atoms with E-state index < -0.39 is 0 Å². The third-order valence-corrected chi connectivity index (χ3v) is 11.0. The van der Waals surface area contributed by atoms with Crippen molar-refractivity contribution >= 4 is 65.3 Å². The van der Waals surface area contributed by atoms with E-state index in [0.29, 0.717) is 17.6 Å². The zero-order chi connectivity index (χ0) is 34.9. The van der Waals surface area contributed by atoms with Crippen molar-refractivity contribution in [2.45, 2.75) is 0 Å². The molecular formula is C46H27N5OS. The Morgan fingerprint density at radius 1 is 0.453 bits per heavy atom. The summed E-state index contributed by atoms with van der Waals surface area (Å²) in [5, 5.41) is 5.26. The highest BCUT2D eigenvalue weighted by Crippen LogP contribution is 2.40. The number of nitrogens with zero attached hydrogens (tertiary/aromatic N) is 5. The number of thiazole rings is 1. The molecule has 248 valence electrons. The highest BCUT2D eigenvalue weighted by Gasteiger charge is 2.21. The number of rotatable bonds is 5. The first-order chi connectivity index (χ1) is 26.2. The van der Waals surface area contributed by atoms with Crippen LogP contribution in [-0.4, -0.2) is 24.5 Å². The molecule has 0 atom stereocenters. The van der Waals surface area contributed by atoms with Crippen LogP contribution < -0.4 is 0 Å². The Balaban J connectivity index is 1.11. The molecule has 0 aliphatic heterocycles. The van der Waals surface area contributed by atoms with Gasteiger partial charge in [-0.1, -0.05) is 115 Å². The van der Waals surface area contributed by atoms with E-state index in [1.54, 1.807) is 11.3 Å². The van der Waals surface area contributed by atoms with Crippen LogP contribution in [0.2, 0.25) is 0 Å². The summed E-state index contributed by atoms with van der Waals surface area (Å²) in [5.41, 5.74) is 9.76. The minimum atomic E-state index is 0.559. The number of aromatic nitrogens is 5. The fraction of sp³-hybridized carbons (Fsp3) is 0. The van der Waals surface area contributed by atoms with Crippen LogP contribution in [0.5, 0.6) is 0 Å². The van der Waals surface area contributed by atoms with Gasteiger partial charge >= 0.3 is 0 Å². The Morgan fingerprint density at radius 3 is 1.96 bits per heavy atom. The normalized spacial score (nSPS) is 11.8. The maximum Gasteiger partial charge on any atom is 0.238 e. The van der Waals surface area contributed by atoms with Crippen molar-refractivity contribution in [2.75, 3.05) is 0 Å². The maximum absolute atomic E-state index is 6.48. The van der Waals surface area contributed by atoms with E-state index >= 15 is 0 Å². The molecule has 0 aliphatic carbocycles. The van der Waals surface area contributed by atoms with Gasteiger partial charge in [0.15, 0.2) is 11.6 Å². The molecule has 0 saturated heterocycles. The summed E-state index contributed by atoms with van der Waals surface area (Å²) < 4.78 is 9.81. The molecular weight excluding hydrogens is 671 g/mol. The lowest BCUT2D eigenvalue weighted by Crippen LogP contribution is -2.06. The van der Waals surface area contributed by atoms with Gasteiger partial charge in [0, 0.05) is 38.2 Å². The molecule has 0 fully saturated rings. The van der Waals surface area contributed by atoms with Crippen molar-refractivity contribution < 1.29 is 4.42 Å². The van der Waals surface area contributed by atoms with Crippen molar-refractivity contribution in [3.8, 4) is 50.4 Å². The summed E-state index contributed by atoms with van der Waals surface area (Å²) >= 11 is 1.71. The SMILES string of the molecule is c1ccc(-c2nc(-c3cccc4oc5ccc(-c6cccc(-c7nc8ccccc8s7)c6)cc5c34)nc(-n3c4ccccc4c4ccccc43)n2)cc1. The standard InChI is InChI=1S/C46H27N5OS/c1-2-12-28(13-3-1)43-48-44(50-46(49-43)51-37-20-7-4-16-32(37)33-17-5-8-21-38(33)51)34-18-11-22-40-42(34)35-27-30(24-25-39(35)52-40)29-14-10-15-31(26-29)45-47-36-19-6-9-23-41(36)53-45/h1-27H. The maximum atomic E-state index is 6.48. The van der Waals surface area contributed by atoms with Crippen LogP contribution in [-0.2, 0) is 0 Å². The molecule has 0 N–H and O–H groups in total. The van der Waals surface area contributed by atoms with Gasteiger partial charge in [0.05, 0.1) is 21.3 Å². The van der Waals surface area contributed by atoms with E-state index in [4.69, 9.17) is 24.4 Å². The van der Waals surface area contributed by atoms with Gasteiger partial charge in [-0.15, -0.1) is 11.3 Å². The predicted octanol–water partition coefficient (Wildman–Crippen LogP) is 12.1. The zero-order valence-corrected chi connectivity index (χ0v) is 29.0. The molecule has 0 radical (unpaired) electrons. The summed E-state index contributed by atoms with van der Waals surface area (Å²) in [6.45, 7) is 0. The molecule has 53 heavy (non-hydrogen) atoms. The van der Waals surface area contributed by atoms with E-state index in [0.717, 1.165) is 82.1 Å². The van der Waals surface area contributed by atoms with E-state index in [1.165, 1.54) is 4.70 Å². The Hall–Kier alpha value is -6.96. The largest absolute Gasteiger partial charge is 0.456 e. The Kier molecular flexibility index (Phi) is 6.62. The second kappa shape index (κ2) is 11.8. The van der Waals surface area contributed by atoms with Crippen LogP contribution >= 0.6 is 11.3 Å². The first kappa shape index (κ1) is 29.7. The van der Waals surface area contributed by atoms with Gasteiger partial charge in [-0.05, 0) is 59.7 Å². The molecule has 11 rings (SSSR count). The van der Waals surface area contributed by atoms with Crippen LogP contribution in [0.15, 0.2) is 168 Å². The lowest BCUT2D eigenvalue weighted by molar-refractivity contribution is 0.669. The summed E-state index contributed by atoms with van der Waals surface area (Å²) in [6.07, 6.45) is 0. The first-order valence-corrected chi connectivity index (χ1v) is 18.3. The van der Waals surface area contributed by atoms with Gasteiger partial charge < -0.3 is 4.42 Å². The molecule has 0 saturated carbocycles. The van der Waals surface area contributed by atoms with Gasteiger partial charge in [-0.2, -0.15) is 9.97 Å². The second-order valence-corrected chi connectivity index (χ2v) is 14.1. The number of para-hydroxylation sites is 3. The number of furan rings is 1. The van der Waals surface area contributed by atoms with Crippen molar-refractivity contribution in [3.63, 3.8) is 0 Å². The quantitative estimate of drug-likeness (QED) is 0.179. The van der Waals surface area contributed by atoms with Crippen molar-refractivity contribution in [1.82, 2.24) is 24.5 Å². The monoisotopic (exact) mass is 697 g/mol. The number of hydrogen-bond acceptors (Lipinski definition) is 6. The lowest BCUT2D eigenvalue weighted by Gasteiger charge is -2.11. The predicted molar refractivity (Wildman–Crippen MR) is 216 cm³/mol. The third kappa shape index (κ3) is 4.86. The summed E-state index contributed by atoms with van der Waals surface area (Å²) in [6, 6.07) is 56.3. The molecule has 0 bridgehead atoms. The third-order valence-electron chi connectivity index (χ3n) is 9.91. The Morgan fingerprint density at radius 2 is 1.13 bits per heavy atom. The van der Waals surface area contributed by atoms with Crippen LogP contribution in [0.1, 0.15) is 0 Å². The summed E-state index contributed by atoms with van der Waals surface area (Å²) in [4.78, 5) is 20.4. The molecule has 11 aromatic rings. The number of hydrogen-bond donors (Lipinski definition) is 0. The first-order valence-electron chi connectivity index (χ1n) is 17.5. The minimum Gasteiger partial charge on any atom is -0.456 e. The summed E-state index contributed by atoms with van der Waals surface area (Å²) in [7, 11) is 0. The van der Waals surface area contributed by atoms with Crippen molar-refractivity contribution in [1.29, 1.82) is 0 Å². The molecule has 7 heteroatoms. The zero-order valence-electron chi connectivity index (χ0n) is 28.1. The fourth-order valence-corrected chi connectivity index (χ4v) is 8.42. The fourth-order valence-electron chi connectivity index (χ4n) is 7.46. The van der Waals surface area contributed by atoms with Gasteiger partial charge in [0.2, 0.25) is 5.95 Å². The van der Waals surface area contributed by atoms with Gasteiger partial charge in [0.1, 0.15) is 16.2 Å². The highest BCUT2D eigenvalue weighted by atomic mass is 32.1. The average Bonchev–Trinajstić information content (AvgIpc) is 3.93. The second-order valence-electron chi connectivity index (χ2n) is 13.1. The molecule has 4 aromatic heterocycles. The molecule has 0 aliphatic rings. The van der Waals surface area contributed by atoms with Gasteiger partial charge in [-0.3, -0.25) is 4.57 Å². The molecule has 6 nitrogen and oxygen atoms in total. The van der Waals surface area contributed by atoms with Crippen LogP contribution in [0.25, 0.3) is 104 Å². The number of benzene rings is 7. The van der Waals surface area contributed by atoms with E-state index in [2.05, 4.69) is 120 Å². The van der Waals surface area contributed by atoms with Crippen LogP contribution in [0, 0.1) is 0 Å². The molecule has 4 heterocycles. The van der Waals surface area contributed by atoms with Gasteiger partial charge in [0.25, 0.3) is 0 Å². The highest BCUT2D eigenvalue weighted by molar-refractivity contribution is 7.21. The van der Waals surface area contributed by atoms with Crippen molar-refractivity contribution in [2.24, 2.45) is 0 Å². The molecule has 0 spiro atoms. The molecule has 0 unspecified atom stereocenters. The van der Waals surface area contributed by atoms with E-state index in [9.17, 15) is 0 Å². The van der Waals surface area contributed by atoms with Crippen molar-refractivity contribution in [3.05, 3.63) is 164 Å². The Labute approximate surface area is 307 Å². The molecule has 0 amide bonds. The molecule has 7 aromatic carbocycles. The summed E-state index contributed by atoms with van der Waals surface area (Å²) in [5.74, 6) is 1.74. The lowest BCUT2D eigenvalue weighted by atomic mass is 9.99. The Bertz CT molecular complexity index is 3110.